The van der Waals surface area contributed by atoms with Crippen molar-refractivity contribution < 1.29 is 4.79 Å². The van der Waals surface area contributed by atoms with Crippen molar-refractivity contribution in [3.05, 3.63) is 46.8 Å². The molecule has 2 heterocycles. The maximum atomic E-state index is 13.1. The molecule has 0 radical (unpaired) electrons. The molecule has 1 atom stereocenters. The monoisotopic (exact) mass is 338 g/mol. The molecule has 25 heavy (non-hydrogen) atoms. The number of rotatable bonds is 2. The van der Waals surface area contributed by atoms with E-state index in [0.717, 1.165) is 44.5 Å². The van der Waals surface area contributed by atoms with E-state index in [1.54, 1.807) is 0 Å². The van der Waals surface area contributed by atoms with Crippen LogP contribution in [0.5, 0.6) is 0 Å². The Morgan fingerprint density at radius 2 is 2.00 bits per heavy atom. The van der Waals surface area contributed by atoms with E-state index in [2.05, 4.69) is 53.2 Å². The summed E-state index contributed by atoms with van der Waals surface area (Å²) in [4.78, 5) is 17.5. The molecule has 1 aliphatic carbocycles. The number of benzene rings is 1. The molecule has 0 spiro atoms. The fourth-order valence-corrected chi connectivity index (χ4v) is 4.19. The van der Waals surface area contributed by atoms with Gasteiger partial charge in [0, 0.05) is 42.6 Å². The van der Waals surface area contributed by atoms with Gasteiger partial charge in [-0.15, -0.1) is 0 Å². The second kappa shape index (κ2) is 6.54. The third-order valence-corrected chi connectivity index (χ3v) is 5.60. The van der Waals surface area contributed by atoms with Gasteiger partial charge < -0.3 is 9.80 Å². The van der Waals surface area contributed by atoms with Crippen molar-refractivity contribution in [2.75, 3.05) is 24.5 Å². The number of nitrogens with one attached hydrogen (secondary N) is 1. The number of carbonyl (C=O) groups excluding carboxylic acids is 1. The van der Waals surface area contributed by atoms with Gasteiger partial charge in [-0.25, -0.2) is 0 Å². The van der Waals surface area contributed by atoms with Crippen LogP contribution in [0, 0.1) is 6.92 Å². The maximum absolute atomic E-state index is 13.1. The third-order valence-electron chi connectivity index (χ3n) is 5.60. The fraction of sp³-hybridized carbons (Fsp3) is 0.500. The van der Waals surface area contributed by atoms with Crippen molar-refractivity contribution >= 4 is 11.6 Å². The molecule has 2 aromatic rings. The standard InChI is InChI=1S/C20H26N4O/c1-14-7-3-6-10-18(14)23-11-12-24(15(2)13-23)20(25)19-16-8-4-5-9-17(16)21-22-19/h3,6-7,10,15H,4-5,8-9,11-13H2,1-2H3,(H,21,22)/t15-/m1/s1. The number of H-pyrrole nitrogens is 1. The van der Waals surface area contributed by atoms with Crippen molar-refractivity contribution in [3.63, 3.8) is 0 Å². The highest BCUT2D eigenvalue weighted by atomic mass is 16.2. The Balaban J connectivity index is 1.51. The van der Waals surface area contributed by atoms with Gasteiger partial charge in [-0.2, -0.15) is 5.10 Å². The lowest BCUT2D eigenvalue weighted by Gasteiger charge is -2.41. The molecule has 4 rings (SSSR count). The Labute approximate surface area is 149 Å². The van der Waals surface area contributed by atoms with E-state index in [9.17, 15) is 4.79 Å². The molecular weight excluding hydrogens is 312 g/mol. The molecule has 2 aliphatic rings. The number of anilines is 1. The highest BCUT2D eigenvalue weighted by Gasteiger charge is 2.32. The van der Waals surface area contributed by atoms with Gasteiger partial charge in [0.25, 0.3) is 5.91 Å². The average Bonchev–Trinajstić information content (AvgIpc) is 3.05. The molecule has 1 N–H and O–H groups in total. The van der Waals surface area contributed by atoms with Crippen LogP contribution in [-0.2, 0) is 12.8 Å². The molecule has 1 amide bonds. The largest absolute Gasteiger partial charge is 0.367 e. The minimum Gasteiger partial charge on any atom is -0.367 e. The molecule has 0 unspecified atom stereocenters. The fourth-order valence-electron chi connectivity index (χ4n) is 4.19. The summed E-state index contributed by atoms with van der Waals surface area (Å²) < 4.78 is 0. The van der Waals surface area contributed by atoms with Gasteiger partial charge in [0.15, 0.2) is 5.69 Å². The molecule has 1 aromatic carbocycles. The van der Waals surface area contributed by atoms with Gasteiger partial charge in [-0.1, -0.05) is 18.2 Å². The molecule has 1 fully saturated rings. The van der Waals surface area contributed by atoms with Crippen LogP contribution in [0.4, 0.5) is 5.69 Å². The SMILES string of the molecule is Cc1ccccc1N1CCN(C(=O)c2n[nH]c3c2CCCC3)[C@H](C)C1. The molecule has 1 aliphatic heterocycles. The summed E-state index contributed by atoms with van der Waals surface area (Å²) in [6.45, 7) is 6.77. The van der Waals surface area contributed by atoms with E-state index in [1.807, 2.05) is 4.90 Å². The van der Waals surface area contributed by atoms with Gasteiger partial charge in [0.05, 0.1) is 0 Å². The normalized spacial score (nSPS) is 20.5. The molecule has 0 saturated carbocycles. The van der Waals surface area contributed by atoms with Crippen molar-refractivity contribution in [3.8, 4) is 0 Å². The summed E-state index contributed by atoms with van der Waals surface area (Å²) in [5, 5.41) is 7.46. The van der Waals surface area contributed by atoms with Crippen LogP contribution in [0.15, 0.2) is 24.3 Å². The Kier molecular flexibility index (Phi) is 4.24. The summed E-state index contributed by atoms with van der Waals surface area (Å²) in [5.41, 5.74) is 5.55. The highest BCUT2D eigenvalue weighted by molar-refractivity contribution is 5.94. The lowest BCUT2D eigenvalue weighted by molar-refractivity contribution is 0.0666. The van der Waals surface area contributed by atoms with E-state index >= 15 is 0 Å². The molecule has 1 aromatic heterocycles. The number of aromatic nitrogens is 2. The second-order valence-electron chi connectivity index (χ2n) is 7.32. The zero-order valence-electron chi connectivity index (χ0n) is 15.1. The highest BCUT2D eigenvalue weighted by Crippen LogP contribution is 2.26. The van der Waals surface area contributed by atoms with Crippen molar-refractivity contribution in [2.24, 2.45) is 0 Å². The Hall–Kier alpha value is -2.30. The van der Waals surface area contributed by atoms with Crippen LogP contribution in [0.3, 0.4) is 0 Å². The number of aryl methyl sites for hydroxylation is 2. The van der Waals surface area contributed by atoms with E-state index < -0.39 is 0 Å². The van der Waals surface area contributed by atoms with Gasteiger partial charge in [0.2, 0.25) is 0 Å². The van der Waals surface area contributed by atoms with Crippen molar-refractivity contribution in [1.82, 2.24) is 15.1 Å². The number of carbonyl (C=O) groups is 1. The van der Waals surface area contributed by atoms with E-state index in [1.165, 1.54) is 23.4 Å². The smallest absolute Gasteiger partial charge is 0.275 e. The number of piperazine rings is 1. The van der Waals surface area contributed by atoms with Crippen LogP contribution in [-0.4, -0.2) is 46.7 Å². The Morgan fingerprint density at radius 1 is 1.20 bits per heavy atom. The van der Waals surface area contributed by atoms with Gasteiger partial charge in [-0.05, 0) is 51.2 Å². The molecule has 5 nitrogen and oxygen atoms in total. The van der Waals surface area contributed by atoms with Crippen molar-refractivity contribution in [1.29, 1.82) is 0 Å². The van der Waals surface area contributed by atoms with Crippen LogP contribution < -0.4 is 4.90 Å². The minimum atomic E-state index is 0.0938. The quantitative estimate of drug-likeness (QED) is 0.916. The van der Waals surface area contributed by atoms with Crippen LogP contribution in [0.2, 0.25) is 0 Å². The number of para-hydroxylation sites is 1. The molecule has 0 bridgehead atoms. The average molecular weight is 338 g/mol. The van der Waals surface area contributed by atoms with E-state index in [-0.39, 0.29) is 11.9 Å². The predicted octanol–water partition coefficient (Wildman–Crippen LogP) is 2.95. The summed E-state index contributed by atoms with van der Waals surface area (Å²) >= 11 is 0. The zero-order valence-corrected chi connectivity index (χ0v) is 15.1. The summed E-state index contributed by atoms with van der Waals surface area (Å²) in [7, 11) is 0. The number of aromatic amines is 1. The van der Waals surface area contributed by atoms with Gasteiger partial charge in [-0.3, -0.25) is 9.89 Å². The minimum absolute atomic E-state index is 0.0938. The summed E-state index contributed by atoms with van der Waals surface area (Å²) in [5.74, 6) is 0.0938. The summed E-state index contributed by atoms with van der Waals surface area (Å²) in [6.07, 6.45) is 4.34. The predicted molar refractivity (Wildman–Crippen MR) is 99.1 cm³/mol. The maximum Gasteiger partial charge on any atom is 0.275 e. The van der Waals surface area contributed by atoms with E-state index in [0.29, 0.717) is 5.69 Å². The Bertz CT molecular complexity index is 782. The first kappa shape index (κ1) is 16.2. The number of nitrogens with zero attached hydrogens (tertiary/aromatic N) is 3. The zero-order chi connectivity index (χ0) is 17.4. The summed E-state index contributed by atoms with van der Waals surface area (Å²) in [6, 6.07) is 8.65. The topological polar surface area (TPSA) is 52.2 Å². The molecule has 1 saturated heterocycles. The third kappa shape index (κ3) is 2.92. The second-order valence-corrected chi connectivity index (χ2v) is 7.32. The first-order valence-electron chi connectivity index (χ1n) is 9.33. The number of hydrogen-bond acceptors (Lipinski definition) is 3. The first-order valence-corrected chi connectivity index (χ1v) is 9.33. The van der Waals surface area contributed by atoms with Crippen LogP contribution in [0.1, 0.15) is 47.1 Å². The Morgan fingerprint density at radius 3 is 2.80 bits per heavy atom. The number of hydrogen-bond donors (Lipinski definition) is 1. The lowest BCUT2D eigenvalue weighted by Crippen LogP contribution is -2.54. The molecule has 132 valence electrons. The van der Waals surface area contributed by atoms with Crippen LogP contribution in [0.25, 0.3) is 0 Å². The first-order chi connectivity index (χ1) is 12.1. The molecular formula is C20H26N4O. The lowest BCUT2D eigenvalue weighted by atomic mass is 9.95. The molecule has 5 heteroatoms. The van der Waals surface area contributed by atoms with Gasteiger partial charge >= 0.3 is 0 Å². The van der Waals surface area contributed by atoms with Crippen molar-refractivity contribution in [2.45, 2.75) is 45.6 Å². The number of fused-ring (bicyclic) bond motifs is 1. The van der Waals surface area contributed by atoms with Crippen LogP contribution >= 0.6 is 0 Å². The number of amides is 1. The van der Waals surface area contributed by atoms with E-state index in [4.69, 9.17) is 0 Å². The van der Waals surface area contributed by atoms with Gasteiger partial charge in [0.1, 0.15) is 0 Å².